The average molecular weight is 534 g/mol. The Morgan fingerprint density at radius 3 is 2.14 bits per heavy atom. The number of Topliss-reactive ketones (excluding diaryl/α,β-unsaturated/α-hetero) is 2. The van der Waals surface area contributed by atoms with Crippen LogP contribution in [0.2, 0.25) is 0 Å². The first kappa shape index (κ1) is 24.4. The van der Waals surface area contributed by atoms with Crippen LogP contribution >= 0.6 is 15.9 Å². The number of carbonyl (C=O) groups excluding carboxylic acids is 3. The first-order valence-electron chi connectivity index (χ1n) is 11.1. The second-order valence-electron chi connectivity index (χ2n) is 8.15. The number of halogens is 1. The molecule has 0 aliphatic heterocycles. The van der Waals surface area contributed by atoms with Crippen molar-refractivity contribution in [2.45, 2.75) is 20.8 Å². The van der Waals surface area contributed by atoms with Crippen molar-refractivity contribution in [2.24, 2.45) is 0 Å². The van der Waals surface area contributed by atoms with Crippen molar-refractivity contribution in [3.63, 3.8) is 0 Å². The van der Waals surface area contributed by atoms with Crippen LogP contribution in [-0.2, 0) is 4.79 Å². The molecule has 0 heterocycles. The number of amides is 1. The number of ketones is 2. The second-order valence-corrected chi connectivity index (χ2v) is 9.07. The number of nitrogens with one attached hydrogen (secondary N) is 1. The molecule has 0 aromatic heterocycles. The second kappa shape index (κ2) is 10.3. The van der Waals surface area contributed by atoms with Crippen molar-refractivity contribution in [1.29, 1.82) is 0 Å². The molecule has 1 aliphatic rings. The van der Waals surface area contributed by atoms with Crippen LogP contribution in [0, 0.1) is 13.8 Å². The predicted molar refractivity (Wildman–Crippen MR) is 138 cm³/mol. The maximum Gasteiger partial charge on any atom is 0.262 e. The van der Waals surface area contributed by atoms with E-state index in [1.54, 1.807) is 48.5 Å². The van der Waals surface area contributed by atoms with Gasteiger partial charge < -0.3 is 14.8 Å². The van der Waals surface area contributed by atoms with E-state index in [4.69, 9.17) is 9.47 Å². The zero-order valence-electron chi connectivity index (χ0n) is 19.6. The Bertz CT molecular complexity index is 1320. The average Bonchev–Trinajstić information content (AvgIpc) is 3.06. The summed E-state index contributed by atoms with van der Waals surface area (Å²) in [5.41, 5.74) is 4.19. The third-order valence-electron chi connectivity index (χ3n) is 5.60. The Kier molecular flexibility index (Phi) is 7.17. The first-order chi connectivity index (χ1) is 16.8. The third-order valence-corrected chi connectivity index (χ3v) is 6.06. The van der Waals surface area contributed by atoms with Gasteiger partial charge in [0.15, 0.2) is 29.7 Å². The summed E-state index contributed by atoms with van der Waals surface area (Å²) in [6, 6.07) is 15.7. The lowest BCUT2D eigenvalue weighted by Gasteiger charge is -2.15. The molecular formula is C28H24BrNO5. The molecule has 178 valence electrons. The SMILES string of the molecule is CCOc1cc(C=C2C(=O)c3ccccc3C2=O)ccc1OCC(=O)Nc1c(C)cc(Br)cc1C. The summed E-state index contributed by atoms with van der Waals surface area (Å²) in [4.78, 5) is 37.9. The van der Waals surface area contributed by atoms with E-state index in [-0.39, 0.29) is 29.7 Å². The molecule has 1 amide bonds. The molecule has 0 radical (unpaired) electrons. The lowest BCUT2D eigenvalue weighted by atomic mass is 10.1. The van der Waals surface area contributed by atoms with Crippen LogP contribution in [0.1, 0.15) is 44.3 Å². The summed E-state index contributed by atoms with van der Waals surface area (Å²) in [6.45, 7) is 5.85. The van der Waals surface area contributed by atoms with Gasteiger partial charge in [-0.25, -0.2) is 0 Å². The maximum absolute atomic E-state index is 12.7. The van der Waals surface area contributed by atoms with Crippen LogP contribution in [0.25, 0.3) is 6.08 Å². The molecule has 1 aliphatic carbocycles. The van der Waals surface area contributed by atoms with Gasteiger partial charge in [-0.3, -0.25) is 14.4 Å². The number of rotatable bonds is 7. The van der Waals surface area contributed by atoms with E-state index < -0.39 is 0 Å². The van der Waals surface area contributed by atoms with Gasteiger partial charge >= 0.3 is 0 Å². The van der Waals surface area contributed by atoms with Crippen LogP contribution < -0.4 is 14.8 Å². The van der Waals surface area contributed by atoms with E-state index in [1.807, 2.05) is 32.9 Å². The number of aryl methyl sites for hydroxylation is 2. The monoisotopic (exact) mass is 533 g/mol. The van der Waals surface area contributed by atoms with Crippen molar-refractivity contribution in [2.75, 3.05) is 18.5 Å². The quantitative estimate of drug-likeness (QED) is 0.300. The molecule has 0 saturated heterocycles. The Morgan fingerprint density at radius 2 is 1.54 bits per heavy atom. The molecule has 3 aromatic rings. The molecule has 0 unspecified atom stereocenters. The van der Waals surface area contributed by atoms with Crippen molar-refractivity contribution < 1.29 is 23.9 Å². The van der Waals surface area contributed by atoms with E-state index in [9.17, 15) is 14.4 Å². The highest BCUT2D eigenvalue weighted by Gasteiger charge is 2.32. The summed E-state index contributed by atoms with van der Waals surface area (Å²) >= 11 is 3.45. The molecule has 35 heavy (non-hydrogen) atoms. The largest absolute Gasteiger partial charge is 0.490 e. The highest BCUT2D eigenvalue weighted by Crippen LogP contribution is 2.32. The Balaban J connectivity index is 1.51. The fraction of sp³-hybridized carbons (Fsp3) is 0.179. The maximum atomic E-state index is 12.7. The smallest absolute Gasteiger partial charge is 0.262 e. The van der Waals surface area contributed by atoms with Crippen LogP contribution in [0.15, 0.2) is 64.6 Å². The van der Waals surface area contributed by atoms with Gasteiger partial charge in [-0.1, -0.05) is 46.3 Å². The number of allylic oxidation sites excluding steroid dienone is 1. The van der Waals surface area contributed by atoms with Gasteiger partial charge in [0.2, 0.25) is 0 Å². The number of hydrogen-bond donors (Lipinski definition) is 1. The summed E-state index contributed by atoms with van der Waals surface area (Å²) in [7, 11) is 0. The molecule has 0 atom stereocenters. The van der Waals surface area contributed by atoms with Gasteiger partial charge in [0, 0.05) is 21.3 Å². The summed E-state index contributed by atoms with van der Waals surface area (Å²) in [5, 5.41) is 2.90. The molecule has 4 rings (SSSR count). The molecule has 7 heteroatoms. The minimum absolute atomic E-state index is 0.113. The first-order valence-corrected chi connectivity index (χ1v) is 11.9. The minimum Gasteiger partial charge on any atom is -0.490 e. The highest BCUT2D eigenvalue weighted by atomic mass is 79.9. The topological polar surface area (TPSA) is 81.7 Å². The number of fused-ring (bicyclic) bond motifs is 1. The van der Waals surface area contributed by atoms with Crippen molar-refractivity contribution in [3.8, 4) is 11.5 Å². The van der Waals surface area contributed by atoms with E-state index >= 15 is 0 Å². The summed E-state index contributed by atoms with van der Waals surface area (Å²) in [6.07, 6.45) is 1.56. The Labute approximate surface area is 212 Å². The van der Waals surface area contributed by atoms with E-state index in [2.05, 4.69) is 21.2 Å². The van der Waals surface area contributed by atoms with E-state index in [0.717, 1.165) is 21.3 Å². The molecule has 0 spiro atoms. The standard InChI is InChI=1S/C28H24BrNO5/c1-4-34-24-14-18(13-22-27(32)20-7-5-6-8-21(20)28(22)33)9-10-23(24)35-15-25(31)30-26-16(2)11-19(29)12-17(26)3/h5-14H,4,15H2,1-3H3,(H,30,31). The van der Waals surface area contributed by atoms with Crippen LogP contribution in [-0.4, -0.2) is 30.7 Å². The lowest BCUT2D eigenvalue weighted by Crippen LogP contribution is -2.21. The van der Waals surface area contributed by atoms with E-state index in [0.29, 0.717) is 34.8 Å². The van der Waals surface area contributed by atoms with Gasteiger partial charge in [0.25, 0.3) is 5.91 Å². The third kappa shape index (κ3) is 5.20. The number of hydrogen-bond acceptors (Lipinski definition) is 5. The molecular weight excluding hydrogens is 510 g/mol. The van der Waals surface area contributed by atoms with Gasteiger partial charge in [-0.15, -0.1) is 0 Å². The zero-order chi connectivity index (χ0) is 25.1. The number of carbonyl (C=O) groups is 3. The fourth-order valence-corrected chi connectivity index (χ4v) is 4.69. The zero-order valence-corrected chi connectivity index (χ0v) is 21.2. The molecule has 1 N–H and O–H groups in total. The normalized spacial score (nSPS) is 12.4. The predicted octanol–water partition coefficient (Wildman–Crippen LogP) is 5.94. The van der Waals surface area contributed by atoms with Crippen LogP contribution in [0.4, 0.5) is 5.69 Å². The molecule has 0 fully saturated rings. The fourth-order valence-electron chi connectivity index (χ4n) is 4.00. The molecule has 0 bridgehead atoms. The van der Waals surface area contributed by atoms with Gasteiger partial charge in [-0.05, 0) is 67.8 Å². The van der Waals surface area contributed by atoms with Gasteiger partial charge in [-0.2, -0.15) is 0 Å². The highest BCUT2D eigenvalue weighted by molar-refractivity contribution is 9.10. The number of benzene rings is 3. The number of ether oxygens (including phenoxy) is 2. The molecule has 0 saturated carbocycles. The minimum atomic E-state index is -0.299. The van der Waals surface area contributed by atoms with Gasteiger partial charge in [0.1, 0.15) is 0 Å². The molecule has 6 nitrogen and oxygen atoms in total. The lowest BCUT2D eigenvalue weighted by molar-refractivity contribution is -0.118. The van der Waals surface area contributed by atoms with Crippen molar-refractivity contribution in [3.05, 3.63) is 92.5 Å². The van der Waals surface area contributed by atoms with Crippen LogP contribution in [0.3, 0.4) is 0 Å². The van der Waals surface area contributed by atoms with E-state index in [1.165, 1.54) is 0 Å². The Morgan fingerprint density at radius 1 is 0.914 bits per heavy atom. The van der Waals surface area contributed by atoms with Crippen LogP contribution in [0.5, 0.6) is 11.5 Å². The Hall–Kier alpha value is -3.71. The summed E-state index contributed by atoms with van der Waals surface area (Å²) in [5.74, 6) is -0.0768. The van der Waals surface area contributed by atoms with Gasteiger partial charge in [0.05, 0.1) is 12.2 Å². The van der Waals surface area contributed by atoms with Crippen molar-refractivity contribution >= 4 is 45.2 Å². The molecule has 3 aromatic carbocycles. The van der Waals surface area contributed by atoms with Crippen molar-refractivity contribution in [1.82, 2.24) is 0 Å². The summed E-state index contributed by atoms with van der Waals surface area (Å²) < 4.78 is 12.4. The number of anilines is 1.